The van der Waals surface area contributed by atoms with Gasteiger partial charge in [0.15, 0.2) is 0 Å². The van der Waals surface area contributed by atoms with Gasteiger partial charge in [0.2, 0.25) is 0 Å². The molecule has 1 fully saturated rings. The Hall–Kier alpha value is -2.15. The number of likely N-dealkylation sites (N-methyl/N-ethyl adjacent to an activating group) is 1. The summed E-state index contributed by atoms with van der Waals surface area (Å²) in [6.45, 7) is 2.81. The maximum absolute atomic E-state index is 13.6. The molecule has 0 radical (unpaired) electrons. The molecule has 1 aliphatic rings. The topological polar surface area (TPSA) is 72.9 Å². The SMILES string of the molecule is CN1CCCN(C(=O)Nc2cccc(F)c2C(=O)O)CC1. The largest absolute Gasteiger partial charge is 0.478 e. The van der Waals surface area contributed by atoms with E-state index in [0.29, 0.717) is 13.1 Å². The second-order valence-electron chi connectivity index (χ2n) is 5.04. The Bertz CT molecular complexity index is 550. The Balaban J connectivity index is 2.12. The predicted octanol–water partition coefficient (Wildman–Crippen LogP) is 1.69. The molecule has 1 aromatic rings. The number of carboxylic acids is 1. The minimum Gasteiger partial charge on any atom is -0.478 e. The molecule has 0 saturated carbocycles. The molecule has 1 aromatic carbocycles. The van der Waals surface area contributed by atoms with E-state index in [9.17, 15) is 14.0 Å². The first-order chi connectivity index (χ1) is 9.99. The molecule has 1 aliphatic heterocycles. The van der Waals surface area contributed by atoms with Crippen LogP contribution in [0.3, 0.4) is 0 Å². The number of carbonyl (C=O) groups is 2. The second-order valence-corrected chi connectivity index (χ2v) is 5.04. The van der Waals surface area contributed by atoms with Crippen LogP contribution in [0.4, 0.5) is 14.9 Å². The quantitative estimate of drug-likeness (QED) is 0.871. The summed E-state index contributed by atoms with van der Waals surface area (Å²) in [6, 6.07) is 3.40. The van der Waals surface area contributed by atoms with Crippen molar-refractivity contribution in [3.05, 3.63) is 29.6 Å². The summed E-state index contributed by atoms with van der Waals surface area (Å²) < 4.78 is 13.6. The molecule has 2 rings (SSSR count). The number of urea groups is 1. The third-order valence-corrected chi connectivity index (χ3v) is 3.48. The molecule has 0 bridgehead atoms. The molecular formula is C14H18FN3O3. The maximum atomic E-state index is 13.6. The Morgan fingerprint density at radius 3 is 2.71 bits per heavy atom. The molecule has 1 heterocycles. The van der Waals surface area contributed by atoms with Crippen molar-refractivity contribution in [1.29, 1.82) is 0 Å². The highest BCUT2D eigenvalue weighted by Crippen LogP contribution is 2.19. The molecule has 0 unspecified atom stereocenters. The molecule has 6 nitrogen and oxygen atoms in total. The van der Waals surface area contributed by atoms with Crippen molar-refractivity contribution < 1.29 is 19.1 Å². The first-order valence-electron chi connectivity index (χ1n) is 6.75. The minimum absolute atomic E-state index is 0.0231. The maximum Gasteiger partial charge on any atom is 0.340 e. The molecule has 0 atom stereocenters. The van der Waals surface area contributed by atoms with E-state index in [-0.39, 0.29) is 5.69 Å². The van der Waals surface area contributed by atoms with Crippen LogP contribution in [0.2, 0.25) is 0 Å². The van der Waals surface area contributed by atoms with Crippen LogP contribution in [0.5, 0.6) is 0 Å². The number of carbonyl (C=O) groups excluding carboxylic acids is 1. The van der Waals surface area contributed by atoms with Gasteiger partial charge in [-0.25, -0.2) is 14.0 Å². The lowest BCUT2D eigenvalue weighted by atomic mass is 10.1. The van der Waals surface area contributed by atoms with Crippen LogP contribution < -0.4 is 5.32 Å². The molecule has 0 spiro atoms. The van der Waals surface area contributed by atoms with Crippen molar-refractivity contribution in [2.24, 2.45) is 0 Å². The number of anilines is 1. The van der Waals surface area contributed by atoms with E-state index in [1.54, 1.807) is 4.90 Å². The van der Waals surface area contributed by atoms with E-state index in [4.69, 9.17) is 5.11 Å². The molecule has 0 aromatic heterocycles. The van der Waals surface area contributed by atoms with Crippen LogP contribution in [0.1, 0.15) is 16.8 Å². The number of rotatable bonds is 2. The van der Waals surface area contributed by atoms with E-state index in [1.165, 1.54) is 12.1 Å². The van der Waals surface area contributed by atoms with Crippen LogP contribution in [0.25, 0.3) is 0 Å². The number of nitrogens with zero attached hydrogens (tertiary/aromatic N) is 2. The Kier molecular flexibility index (Phi) is 4.74. The summed E-state index contributed by atoms with van der Waals surface area (Å²) in [5, 5.41) is 11.5. The summed E-state index contributed by atoms with van der Waals surface area (Å²) in [4.78, 5) is 27.0. The third kappa shape index (κ3) is 3.69. The van der Waals surface area contributed by atoms with E-state index in [1.807, 2.05) is 7.05 Å². The van der Waals surface area contributed by atoms with E-state index in [0.717, 1.165) is 25.6 Å². The first-order valence-corrected chi connectivity index (χ1v) is 6.75. The average Bonchev–Trinajstić information content (AvgIpc) is 2.63. The van der Waals surface area contributed by atoms with Gasteiger partial charge < -0.3 is 20.2 Å². The minimum atomic E-state index is -1.40. The molecule has 21 heavy (non-hydrogen) atoms. The van der Waals surface area contributed by atoms with Gasteiger partial charge in [0.1, 0.15) is 11.4 Å². The highest BCUT2D eigenvalue weighted by atomic mass is 19.1. The zero-order valence-electron chi connectivity index (χ0n) is 11.8. The summed E-state index contributed by atoms with van der Waals surface area (Å²) in [5.74, 6) is -2.27. The van der Waals surface area contributed by atoms with Crippen LogP contribution in [-0.2, 0) is 0 Å². The van der Waals surface area contributed by atoms with E-state index < -0.39 is 23.4 Å². The van der Waals surface area contributed by atoms with Gasteiger partial charge in [-0.1, -0.05) is 6.07 Å². The zero-order valence-corrected chi connectivity index (χ0v) is 11.8. The molecule has 2 N–H and O–H groups in total. The molecule has 7 heteroatoms. The fourth-order valence-corrected chi connectivity index (χ4v) is 2.29. The van der Waals surface area contributed by atoms with Crippen molar-refractivity contribution >= 4 is 17.7 Å². The lowest BCUT2D eigenvalue weighted by Crippen LogP contribution is -2.38. The van der Waals surface area contributed by atoms with Crippen molar-refractivity contribution in [2.45, 2.75) is 6.42 Å². The fraction of sp³-hybridized carbons (Fsp3) is 0.429. The number of aromatic carboxylic acids is 1. The van der Waals surface area contributed by atoms with Gasteiger partial charge in [-0.05, 0) is 32.1 Å². The standard InChI is InChI=1S/C14H18FN3O3/c1-17-6-3-7-18(9-8-17)14(21)16-11-5-2-4-10(15)12(11)13(19)20/h2,4-5H,3,6-9H2,1H3,(H,16,21)(H,19,20). The highest BCUT2D eigenvalue weighted by molar-refractivity contribution is 6.00. The van der Waals surface area contributed by atoms with Crippen LogP contribution in [0, 0.1) is 5.82 Å². The lowest BCUT2D eigenvalue weighted by molar-refractivity contribution is 0.0693. The molecular weight excluding hydrogens is 277 g/mol. The highest BCUT2D eigenvalue weighted by Gasteiger charge is 2.21. The van der Waals surface area contributed by atoms with Crippen LogP contribution >= 0.6 is 0 Å². The molecule has 114 valence electrons. The first kappa shape index (κ1) is 15.2. The van der Waals surface area contributed by atoms with Gasteiger partial charge in [0, 0.05) is 19.6 Å². The average molecular weight is 295 g/mol. The van der Waals surface area contributed by atoms with Crippen molar-refractivity contribution in [3.63, 3.8) is 0 Å². The van der Waals surface area contributed by atoms with Gasteiger partial charge in [-0.3, -0.25) is 0 Å². The van der Waals surface area contributed by atoms with Crippen molar-refractivity contribution in [2.75, 3.05) is 38.5 Å². The molecule has 2 amide bonds. The fourth-order valence-electron chi connectivity index (χ4n) is 2.29. The number of halogens is 1. The number of hydrogen-bond acceptors (Lipinski definition) is 3. The van der Waals surface area contributed by atoms with Gasteiger partial charge in [0.05, 0.1) is 5.69 Å². The Labute approximate surface area is 122 Å². The summed E-state index contributed by atoms with van der Waals surface area (Å²) in [5.41, 5.74) is -0.539. The smallest absolute Gasteiger partial charge is 0.340 e. The van der Waals surface area contributed by atoms with E-state index in [2.05, 4.69) is 10.2 Å². The zero-order chi connectivity index (χ0) is 15.4. The van der Waals surface area contributed by atoms with E-state index >= 15 is 0 Å². The number of amides is 2. The third-order valence-electron chi connectivity index (χ3n) is 3.48. The number of benzene rings is 1. The normalized spacial score (nSPS) is 16.4. The lowest BCUT2D eigenvalue weighted by Gasteiger charge is -2.21. The summed E-state index contributed by atoms with van der Waals surface area (Å²) in [6.07, 6.45) is 0.846. The molecule has 0 aliphatic carbocycles. The van der Waals surface area contributed by atoms with Crippen molar-refractivity contribution in [3.8, 4) is 0 Å². The summed E-state index contributed by atoms with van der Waals surface area (Å²) >= 11 is 0. The van der Waals surface area contributed by atoms with Gasteiger partial charge in [-0.2, -0.15) is 0 Å². The van der Waals surface area contributed by atoms with Gasteiger partial charge in [-0.15, -0.1) is 0 Å². The number of nitrogens with one attached hydrogen (secondary N) is 1. The van der Waals surface area contributed by atoms with Gasteiger partial charge in [0.25, 0.3) is 0 Å². The number of carboxylic acid groups (broad SMARTS) is 1. The predicted molar refractivity (Wildman–Crippen MR) is 76.1 cm³/mol. The Morgan fingerprint density at radius 1 is 1.24 bits per heavy atom. The molecule has 1 saturated heterocycles. The summed E-state index contributed by atoms with van der Waals surface area (Å²) in [7, 11) is 1.98. The monoisotopic (exact) mass is 295 g/mol. The van der Waals surface area contributed by atoms with Gasteiger partial charge >= 0.3 is 12.0 Å². The second kappa shape index (κ2) is 6.53. The van der Waals surface area contributed by atoms with Crippen LogP contribution in [-0.4, -0.2) is 60.1 Å². The van der Waals surface area contributed by atoms with Crippen molar-refractivity contribution in [1.82, 2.24) is 9.80 Å². The van der Waals surface area contributed by atoms with Crippen LogP contribution in [0.15, 0.2) is 18.2 Å². The number of hydrogen-bond donors (Lipinski definition) is 2. The Morgan fingerprint density at radius 2 is 2.00 bits per heavy atom.